The van der Waals surface area contributed by atoms with Gasteiger partial charge in [-0.25, -0.2) is 4.39 Å². The van der Waals surface area contributed by atoms with Crippen LogP contribution in [0.25, 0.3) is 16.7 Å². The number of fused-ring (bicyclic) bond motifs is 2. The summed E-state index contributed by atoms with van der Waals surface area (Å²) in [4.78, 5) is 7.59. The second-order valence-corrected chi connectivity index (χ2v) is 9.67. The lowest BCUT2D eigenvalue weighted by molar-refractivity contribution is 0.134. The van der Waals surface area contributed by atoms with Gasteiger partial charge in [-0.15, -0.1) is 11.8 Å². The van der Waals surface area contributed by atoms with Gasteiger partial charge in [0.15, 0.2) is 0 Å². The van der Waals surface area contributed by atoms with E-state index >= 15 is 0 Å². The van der Waals surface area contributed by atoms with Crippen LogP contribution in [0.4, 0.5) is 4.39 Å². The van der Waals surface area contributed by atoms with Crippen LogP contribution in [0, 0.1) is 17.1 Å². The maximum atomic E-state index is 14.8. The van der Waals surface area contributed by atoms with Gasteiger partial charge in [0.2, 0.25) is 0 Å². The Bertz CT molecular complexity index is 1210. The number of thioether (sulfide) groups is 1. The maximum absolute atomic E-state index is 14.8. The highest BCUT2D eigenvalue weighted by Gasteiger charge is 2.29. The number of hydrogen-bond acceptors (Lipinski definition) is 6. The van der Waals surface area contributed by atoms with Gasteiger partial charge in [0, 0.05) is 23.2 Å². The molecule has 5 nitrogen and oxygen atoms in total. The second kappa shape index (κ2) is 9.30. The molecule has 0 aromatic heterocycles. The summed E-state index contributed by atoms with van der Waals surface area (Å²) in [7, 11) is 0. The molecule has 1 saturated heterocycles. The number of likely N-dealkylation sites (tertiary alicyclic amines) is 1. The van der Waals surface area contributed by atoms with Crippen molar-refractivity contribution in [1.29, 1.82) is 5.26 Å². The average molecular weight is 463 g/mol. The van der Waals surface area contributed by atoms with E-state index in [9.17, 15) is 9.65 Å². The van der Waals surface area contributed by atoms with E-state index in [0.29, 0.717) is 40.7 Å². The minimum Gasteiger partial charge on any atom is -0.400 e. The summed E-state index contributed by atoms with van der Waals surface area (Å²) in [6.07, 6.45) is 5.27. The van der Waals surface area contributed by atoms with Crippen molar-refractivity contribution in [2.24, 2.45) is 10.7 Å². The normalized spacial score (nSPS) is 18.1. The first-order chi connectivity index (χ1) is 16.1. The van der Waals surface area contributed by atoms with Crippen molar-refractivity contribution in [1.82, 2.24) is 4.90 Å². The first-order valence-corrected chi connectivity index (χ1v) is 12.4. The van der Waals surface area contributed by atoms with Gasteiger partial charge in [-0.1, -0.05) is 13.0 Å². The van der Waals surface area contributed by atoms with E-state index in [4.69, 9.17) is 15.5 Å². The molecule has 5 rings (SSSR count). The molecule has 1 fully saturated rings. The molecule has 0 aliphatic carbocycles. The molecule has 0 saturated carbocycles. The number of hydrogen-bond donors (Lipinski definition) is 1. The van der Waals surface area contributed by atoms with E-state index < -0.39 is 0 Å². The molecule has 0 radical (unpaired) electrons. The minimum atomic E-state index is -0.310. The number of allylic oxidation sites excluding steroid dienone is 1. The highest BCUT2D eigenvalue weighted by Crippen LogP contribution is 2.46. The third kappa shape index (κ3) is 3.97. The summed E-state index contributed by atoms with van der Waals surface area (Å²) >= 11 is 1.36. The van der Waals surface area contributed by atoms with Crippen molar-refractivity contribution < 1.29 is 9.13 Å². The second-order valence-electron chi connectivity index (χ2n) is 8.68. The van der Waals surface area contributed by atoms with E-state index in [1.54, 1.807) is 6.07 Å². The number of halogens is 1. The van der Waals surface area contributed by atoms with E-state index in [-0.39, 0.29) is 5.82 Å². The smallest absolute Gasteiger partial charge is 0.137 e. The monoisotopic (exact) mass is 462 g/mol. The topological polar surface area (TPSA) is 74.6 Å². The van der Waals surface area contributed by atoms with Crippen molar-refractivity contribution >= 4 is 23.5 Å². The number of aryl methyl sites for hydroxylation is 1. The summed E-state index contributed by atoms with van der Waals surface area (Å²) in [6, 6.07) is 7.71. The van der Waals surface area contributed by atoms with Crippen LogP contribution in [0.15, 0.2) is 33.8 Å². The Morgan fingerprint density at radius 1 is 1.24 bits per heavy atom. The molecule has 0 spiro atoms. The average Bonchev–Trinajstić information content (AvgIpc) is 3.52. The molecule has 170 valence electrons. The lowest BCUT2D eigenvalue weighted by Crippen LogP contribution is -2.19. The van der Waals surface area contributed by atoms with Gasteiger partial charge >= 0.3 is 0 Å². The SMILES string of the molecule is CCc1cc(/C=N\CN2CCCC2)c2c(c1-c1ccc(F)c3c1C(C#N)=C(N)CS3)COC2. The lowest BCUT2D eigenvalue weighted by Gasteiger charge is -2.23. The third-order valence-corrected chi connectivity index (χ3v) is 7.83. The van der Waals surface area contributed by atoms with Crippen molar-refractivity contribution in [3.05, 3.63) is 57.5 Å². The fourth-order valence-corrected chi connectivity index (χ4v) is 6.03. The lowest BCUT2D eigenvalue weighted by atomic mass is 9.84. The standard InChI is InChI=1S/C26H27FN4OS/c1-2-16-9-17(11-30-15-31-7-3-4-8-31)20-12-32-13-21(20)24(16)18-5-6-22(27)26-25(18)19(10-28)23(29)14-33-26/h5-6,9,11H,2-4,7-8,12-15,29H2,1H3/b30-11-. The van der Waals surface area contributed by atoms with Crippen LogP contribution >= 0.6 is 11.8 Å². The fraction of sp³-hybridized carbons (Fsp3) is 0.385. The summed E-state index contributed by atoms with van der Waals surface area (Å²) < 4.78 is 20.6. The van der Waals surface area contributed by atoms with Crippen LogP contribution in [-0.2, 0) is 24.4 Å². The van der Waals surface area contributed by atoms with Gasteiger partial charge < -0.3 is 10.5 Å². The molecule has 3 aliphatic heterocycles. The Hall–Kier alpha value is -2.66. The molecule has 3 aliphatic rings. The van der Waals surface area contributed by atoms with E-state index in [0.717, 1.165) is 59.6 Å². The van der Waals surface area contributed by atoms with Gasteiger partial charge in [-0.3, -0.25) is 9.89 Å². The molecular formula is C26H27FN4OS. The Labute approximate surface area is 198 Å². The quantitative estimate of drug-likeness (QED) is 0.643. The number of aliphatic imine (C=N–C) groups is 1. The molecule has 0 bridgehead atoms. The molecule has 3 heterocycles. The molecule has 0 atom stereocenters. The molecule has 2 aromatic rings. The predicted molar refractivity (Wildman–Crippen MR) is 130 cm³/mol. The molecule has 2 aromatic carbocycles. The molecule has 33 heavy (non-hydrogen) atoms. The number of ether oxygens (including phenoxy) is 1. The van der Waals surface area contributed by atoms with Gasteiger partial charge in [-0.05, 0) is 77.9 Å². The van der Waals surface area contributed by atoms with Gasteiger partial charge in [0.25, 0.3) is 0 Å². The minimum absolute atomic E-state index is 0.310. The van der Waals surface area contributed by atoms with Crippen LogP contribution in [-0.4, -0.2) is 36.6 Å². The van der Waals surface area contributed by atoms with E-state index in [1.807, 2.05) is 6.21 Å². The van der Waals surface area contributed by atoms with Crippen molar-refractivity contribution in [3.8, 4) is 17.2 Å². The number of nitrogens with zero attached hydrogens (tertiary/aromatic N) is 3. The van der Waals surface area contributed by atoms with Crippen molar-refractivity contribution in [2.45, 2.75) is 44.3 Å². The van der Waals surface area contributed by atoms with Gasteiger partial charge in [0.1, 0.15) is 11.9 Å². The van der Waals surface area contributed by atoms with Crippen LogP contribution in [0.2, 0.25) is 0 Å². The van der Waals surface area contributed by atoms with Crippen LogP contribution in [0.1, 0.15) is 47.6 Å². The van der Waals surface area contributed by atoms with Gasteiger partial charge in [0.05, 0.1) is 30.4 Å². The van der Waals surface area contributed by atoms with Gasteiger partial charge in [-0.2, -0.15) is 5.26 Å². The molecular weight excluding hydrogens is 435 g/mol. The number of benzene rings is 2. The predicted octanol–water partition coefficient (Wildman–Crippen LogP) is 4.86. The zero-order valence-corrected chi connectivity index (χ0v) is 19.6. The highest BCUT2D eigenvalue weighted by molar-refractivity contribution is 7.99. The first kappa shape index (κ1) is 22.1. The summed E-state index contributed by atoms with van der Waals surface area (Å²) in [5.41, 5.74) is 14.0. The first-order valence-electron chi connectivity index (χ1n) is 11.4. The van der Waals surface area contributed by atoms with Crippen molar-refractivity contribution in [2.75, 3.05) is 25.5 Å². The van der Waals surface area contributed by atoms with E-state index in [1.165, 1.54) is 30.7 Å². The Balaban J connectivity index is 1.65. The number of rotatable bonds is 5. The summed E-state index contributed by atoms with van der Waals surface area (Å²) in [5.74, 6) is 0.112. The van der Waals surface area contributed by atoms with Crippen LogP contribution < -0.4 is 5.73 Å². The highest BCUT2D eigenvalue weighted by atomic mass is 32.2. The zero-order valence-electron chi connectivity index (χ0n) is 18.8. The van der Waals surface area contributed by atoms with Crippen LogP contribution in [0.5, 0.6) is 0 Å². The van der Waals surface area contributed by atoms with Crippen molar-refractivity contribution in [3.63, 3.8) is 0 Å². The Morgan fingerprint density at radius 2 is 2.03 bits per heavy atom. The fourth-order valence-electron chi connectivity index (χ4n) is 5.02. The third-order valence-electron chi connectivity index (χ3n) is 6.68. The molecule has 0 amide bonds. The number of nitrogens with two attached hydrogens (primary N) is 1. The van der Waals surface area contributed by atoms with Crippen LogP contribution in [0.3, 0.4) is 0 Å². The maximum Gasteiger partial charge on any atom is 0.137 e. The Morgan fingerprint density at radius 3 is 2.79 bits per heavy atom. The molecule has 7 heteroatoms. The molecule has 0 unspecified atom stereocenters. The number of nitriles is 1. The summed E-state index contributed by atoms with van der Waals surface area (Å²) in [5, 5.41) is 9.86. The zero-order chi connectivity index (χ0) is 22.9. The largest absolute Gasteiger partial charge is 0.400 e. The Kier molecular flexibility index (Phi) is 6.24. The van der Waals surface area contributed by atoms with E-state index in [2.05, 4.69) is 24.0 Å². The summed E-state index contributed by atoms with van der Waals surface area (Å²) in [6.45, 7) is 6.08. The molecule has 2 N–H and O–H groups in total.